The summed E-state index contributed by atoms with van der Waals surface area (Å²) < 4.78 is 31.2. The molecule has 10 heteroatoms. The van der Waals surface area contributed by atoms with Crippen LogP contribution >= 0.6 is 11.3 Å². The number of aryl methyl sites for hydroxylation is 1. The van der Waals surface area contributed by atoms with Gasteiger partial charge in [0.15, 0.2) is 5.96 Å². The lowest BCUT2D eigenvalue weighted by Gasteiger charge is -2.34. The maximum atomic E-state index is 11.5. The molecule has 8 nitrogen and oxygen atoms in total. The third kappa shape index (κ3) is 7.67. The molecule has 0 radical (unpaired) electrons. The molecule has 28 heavy (non-hydrogen) atoms. The molecule has 0 aliphatic carbocycles. The van der Waals surface area contributed by atoms with Crippen molar-refractivity contribution < 1.29 is 13.2 Å². The number of sulfonamides is 1. The monoisotopic (exact) mass is 431 g/mol. The summed E-state index contributed by atoms with van der Waals surface area (Å²) in [6.07, 6.45) is 1.16. The van der Waals surface area contributed by atoms with Crippen LogP contribution in [0.2, 0.25) is 0 Å². The quantitative estimate of drug-likeness (QED) is 0.419. The van der Waals surface area contributed by atoms with Crippen molar-refractivity contribution in [3.8, 4) is 0 Å². The number of nitrogens with zero attached hydrogens (tertiary/aromatic N) is 2. The minimum Gasteiger partial charge on any atom is -0.379 e. The lowest BCUT2D eigenvalue weighted by Crippen LogP contribution is -2.53. The van der Waals surface area contributed by atoms with Gasteiger partial charge in [-0.05, 0) is 32.9 Å². The Labute approximate surface area is 172 Å². The number of hydrogen-bond donors (Lipinski definition) is 3. The van der Waals surface area contributed by atoms with Crippen molar-refractivity contribution in [3.05, 3.63) is 21.9 Å². The van der Waals surface area contributed by atoms with Crippen LogP contribution in [0, 0.1) is 6.92 Å². The molecule has 0 amide bonds. The van der Waals surface area contributed by atoms with Crippen molar-refractivity contribution in [1.82, 2.24) is 20.3 Å². The first-order chi connectivity index (χ1) is 13.1. The predicted molar refractivity (Wildman–Crippen MR) is 116 cm³/mol. The average Bonchev–Trinajstić information content (AvgIpc) is 3.03. The molecule has 1 aliphatic rings. The van der Waals surface area contributed by atoms with E-state index in [-0.39, 0.29) is 6.04 Å². The van der Waals surface area contributed by atoms with E-state index >= 15 is 0 Å². The number of guanidine groups is 1. The van der Waals surface area contributed by atoms with Gasteiger partial charge in [0.2, 0.25) is 10.0 Å². The van der Waals surface area contributed by atoms with Crippen LogP contribution in [0.25, 0.3) is 0 Å². The van der Waals surface area contributed by atoms with Crippen molar-refractivity contribution in [2.24, 2.45) is 4.99 Å². The highest BCUT2D eigenvalue weighted by molar-refractivity contribution is 7.88. The summed E-state index contributed by atoms with van der Waals surface area (Å²) in [7, 11) is -1.56. The van der Waals surface area contributed by atoms with Gasteiger partial charge < -0.3 is 15.4 Å². The maximum absolute atomic E-state index is 11.5. The molecule has 160 valence electrons. The number of ether oxygens (including phenoxy) is 1. The van der Waals surface area contributed by atoms with Gasteiger partial charge in [0, 0.05) is 48.5 Å². The van der Waals surface area contributed by atoms with E-state index in [1.54, 1.807) is 7.05 Å². The summed E-state index contributed by atoms with van der Waals surface area (Å²) in [4.78, 5) is 9.33. The average molecular weight is 432 g/mol. The topological polar surface area (TPSA) is 95.1 Å². The van der Waals surface area contributed by atoms with Crippen molar-refractivity contribution in [3.63, 3.8) is 0 Å². The summed E-state index contributed by atoms with van der Waals surface area (Å²) in [5, 5.41) is 6.62. The second-order valence-corrected chi connectivity index (χ2v) is 10.7. The van der Waals surface area contributed by atoms with Gasteiger partial charge in [-0.25, -0.2) is 13.1 Å². The van der Waals surface area contributed by atoms with Crippen molar-refractivity contribution in [1.29, 1.82) is 0 Å². The van der Waals surface area contributed by atoms with Gasteiger partial charge in [-0.2, -0.15) is 0 Å². The fraction of sp³-hybridized carbons (Fsp3) is 0.722. The van der Waals surface area contributed by atoms with Gasteiger partial charge in [-0.3, -0.25) is 9.89 Å². The molecule has 0 spiro atoms. The van der Waals surface area contributed by atoms with Crippen molar-refractivity contribution in [2.75, 3.05) is 52.7 Å². The van der Waals surface area contributed by atoms with E-state index in [2.05, 4.69) is 44.3 Å². The van der Waals surface area contributed by atoms with Crippen LogP contribution in [0.1, 0.15) is 29.6 Å². The fourth-order valence-corrected chi connectivity index (χ4v) is 5.28. The second-order valence-electron chi connectivity index (χ2n) is 7.68. The predicted octanol–water partition coefficient (Wildman–Crippen LogP) is 0.923. The molecule has 0 bridgehead atoms. The van der Waals surface area contributed by atoms with E-state index in [1.807, 2.05) is 25.2 Å². The minimum absolute atomic E-state index is 0.239. The zero-order valence-electron chi connectivity index (χ0n) is 17.4. The molecule has 1 atom stereocenters. The number of nitrogens with one attached hydrogen (secondary N) is 3. The Morgan fingerprint density at radius 3 is 2.54 bits per heavy atom. The Balaban J connectivity index is 1.98. The van der Waals surface area contributed by atoms with Gasteiger partial charge in [-0.15, -0.1) is 11.3 Å². The van der Waals surface area contributed by atoms with Crippen LogP contribution in [0.3, 0.4) is 0 Å². The summed E-state index contributed by atoms with van der Waals surface area (Å²) in [5.74, 6) is 0.648. The summed E-state index contributed by atoms with van der Waals surface area (Å²) in [6.45, 7) is 10.2. The zero-order chi connectivity index (χ0) is 20.8. The van der Waals surface area contributed by atoms with Gasteiger partial charge >= 0.3 is 0 Å². The number of rotatable bonds is 8. The Kier molecular flexibility index (Phi) is 8.26. The fourth-order valence-electron chi connectivity index (χ4n) is 3.19. The van der Waals surface area contributed by atoms with E-state index in [4.69, 9.17) is 4.74 Å². The standard InChI is InChI=1S/C18H33N5O3S2/c1-14-6-7-16(27-14)15(23-8-10-26-11-9-23)12-20-17(19-4)21-13-18(2,3)22-28(5,24)25/h6-7,15,22H,8-13H2,1-5H3,(H2,19,20,21). The Bertz CT molecular complexity index is 755. The molecule has 2 heterocycles. The molecule has 1 aromatic rings. The van der Waals surface area contributed by atoms with E-state index in [1.165, 1.54) is 9.75 Å². The summed E-state index contributed by atoms with van der Waals surface area (Å²) >= 11 is 1.81. The third-order valence-electron chi connectivity index (χ3n) is 4.42. The van der Waals surface area contributed by atoms with E-state index in [0.717, 1.165) is 32.6 Å². The molecule has 2 rings (SSSR count). The first-order valence-electron chi connectivity index (χ1n) is 9.41. The summed E-state index contributed by atoms with van der Waals surface area (Å²) in [6, 6.07) is 4.58. The van der Waals surface area contributed by atoms with Crippen molar-refractivity contribution >= 4 is 27.3 Å². The Morgan fingerprint density at radius 2 is 2.00 bits per heavy atom. The van der Waals surface area contributed by atoms with Gasteiger partial charge in [0.1, 0.15) is 0 Å². The normalized spacial score (nSPS) is 18.1. The molecule has 1 fully saturated rings. The number of morpholine rings is 1. The van der Waals surface area contributed by atoms with Gasteiger partial charge in [-0.1, -0.05) is 0 Å². The SMILES string of the molecule is CN=C(NCC(c1ccc(C)s1)N1CCOCC1)NCC(C)(C)NS(C)(=O)=O. The largest absolute Gasteiger partial charge is 0.379 e. The van der Waals surface area contributed by atoms with Crippen LogP contribution < -0.4 is 15.4 Å². The number of hydrogen-bond acceptors (Lipinski definition) is 6. The first kappa shape index (κ1) is 23.1. The number of thiophene rings is 1. The van der Waals surface area contributed by atoms with Crippen molar-refractivity contribution in [2.45, 2.75) is 32.4 Å². The van der Waals surface area contributed by atoms with Crippen LogP contribution in [0.5, 0.6) is 0 Å². The highest BCUT2D eigenvalue weighted by Crippen LogP contribution is 2.27. The maximum Gasteiger partial charge on any atom is 0.209 e. The Morgan fingerprint density at radius 1 is 1.32 bits per heavy atom. The van der Waals surface area contributed by atoms with Gasteiger partial charge in [0.05, 0.1) is 25.5 Å². The van der Waals surface area contributed by atoms with Crippen LogP contribution in [0.15, 0.2) is 17.1 Å². The molecule has 1 saturated heterocycles. The highest BCUT2D eigenvalue weighted by atomic mass is 32.2. The lowest BCUT2D eigenvalue weighted by atomic mass is 10.1. The molecule has 1 aromatic heterocycles. The summed E-state index contributed by atoms with van der Waals surface area (Å²) in [5.41, 5.74) is -0.625. The molecule has 0 aromatic carbocycles. The minimum atomic E-state index is -3.28. The van der Waals surface area contributed by atoms with Crippen LogP contribution in [-0.4, -0.2) is 77.5 Å². The third-order valence-corrected chi connectivity index (χ3v) is 6.45. The lowest BCUT2D eigenvalue weighted by molar-refractivity contribution is 0.0177. The number of aliphatic imine (C=N–C) groups is 1. The van der Waals surface area contributed by atoms with Gasteiger partial charge in [0.25, 0.3) is 0 Å². The second kappa shape index (κ2) is 10.0. The van der Waals surface area contributed by atoms with E-state index < -0.39 is 15.6 Å². The Hall–Kier alpha value is -1.20. The molecular formula is C18H33N5O3S2. The van der Waals surface area contributed by atoms with Crippen LogP contribution in [-0.2, 0) is 14.8 Å². The molecular weight excluding hydrogens is 398 g/mol. The molecule has 1 aliphatic heterocycles. The smallest absolute Gasteiger partial charge is 0.209 e. The molecule has 3 N–H and O–H groups in total. The van der Waals surface area contributed by atoms with E-state index in [0.29, 0.717) is 19.0 Å². The molecule has 1 unspecified atom stereocenters. The van der Waals surface area contributed by atoms with Crippen LogP contribution in [0.4, 0.5) is 0 Å². The van der Waals surface area contributed by atoms with E-state index in [9.17, 15) is 8.42 Å². The highest BCUT2D eigenvalue weighted by Gasteiger charge is 2.25. The molecule has 0 saturated carbocycles. The first-order valence-corrected chi connectivity index (χ1v) is 12.1. The zero-order valence-corrected chi connectivity index (χ0v) is 19.0.